The van der Waals surface area contributed by atoms with E-state index in [4.69, 9.17) is 10.00 Å². The van der Waals surface area contributed by atoms with Crippen molar-refractivity contribution in [1.82, 2.24) is 0 Å². The van der Waals surface area contributed by atoms with Crippen molar-refractivity contribution in [1.29, 1.82) is 5.26 Å². The molecule has 70 valence electrons. The summed E-state index contributed by atoms with van der Waals surface area (Å²) in [5.74, 6) is 0. The predicted octanol–water partition coefficient (Wildman–Crippen LogP) is 2.74. The lowest BCUT2D eigenvalue weighted by Crippen LogP contribution is -2.13. The van der Waals surface area contributed by atoms with Gasteiger partial charge in [-0.3, -0.25) is 0 Å². The quantitative estimate of drug-likeness (QED) is 0.573. The first-order chi connectivity index (χ1) is 5.68. The van der Waals surface area contributed by atoms with Gasteiger partial charge in [0.1, 0.15) is 0 Å². The highest BCUT2D eigenvalue weighted by atomic mass is 16.5. The smallest absolute Gasteiger partial charge is 0.0686 e. The van der Waals surface area contributed by atoms with Crippen molar-refractivity contribution in [3.8, 4) is 6.07 Å². The van der Waals surface area contributed by atoms with Gasteiger partial charge < -0.3 is 4.74 Å². The summed E-state index contributed by atoms with van der Waals surface area (Å²) in [6.07, 6.45) is 2.86. The van der Waals surface area contributed by atoms with Crippen LogP contribution in [0.3, 0.4) is 0 Å². The second-order valence-corrected chi connectivity index (χ2v) is 3.33. The van der Waals surface area contributed by atoms with Gasteiger partial charge in [-0.05, 0) is 33.1 Å². The number of nitrogens with zero attached hydrogens (tertiary/aromatic N) is 1. The Morgan fingerprint density at radius 1 is 1.42 bits per heavy atom. The lowest BCUT2D eigenvalue weighted by molar-refractivity contribution is 0.135. The normalized spacial score (nSPS) is 15.2. The zero-order chi connectivity index (χ0) is 9.45. The third kappa shape index (κ3) is 4.35. The van der Waals surface area contributed by atoms with Crippen LogP contribution in [0.25, 0.3) is 0 Å². The van der Waals surface area contributed by atoms with Gasteiger partial charge in [-0.15, -0.1) is 0 Å². The van der Waals surface area contributed by atoms with Crippen LogP contribution in [0.2, 0.25) is 0 Å². The molecular formula is C10H19NO. The largest absolute Gasteiger partial charge is 0.382 e. The third-order valence-corrected chi connectivity index (χ3v) is 2.27. The van der Waals surface area contributed by atoms with Crippen LogP contribution in [0, 0.1) is 16.7 Å². The fraction of sp³-hybridized carbons (Fsp3) is 0.900. The van der Waals surface area contributed by atoms with E-state index in [1.807, 2.05) is 13.8 Å². The topological polar surface area (TPSA) is 33.0 Å². The van der Waals surface area contributed by atoms with Crippen LogP contribution in [0.1, 0.15) is 40.0 Å². The minimum absolute atomic E-state index is 0.142. The molecule has 0 saturated carbocycles. The van der Waals surface area contributed by atoms with Gasteiger partial charge in [-0.2, -0.15) is 5.26 Å². The molecule has 1 unspecified atom stereocenters. The van der Waals surface area contributed by atoms with E-state index in [0.29, 0.717) is 0 Å². The van der Waals surface area contributed by atoms with Gasteiger partial charge in [0.2, 0.25) is 0 Å². The van der Waals surface area contributed by atoms with Crippen LogP contribution in [0.5, 0.6) is 0 Å². The first kappa shape index (κ1) is 11.4. The minimum atomic E-state index is -0.142. The molecule has 0 aliphatic rings. The molecular weight excluding hydrogens is 150 g/mol. The molecule has 0 spiro atoms. The Kier molecular flexibility index (Phi) is 5.74. The van der Waals surface area contributed by atoms with Crippen molar-refractivity contribution in [3.05, 3.63) is 0 Å². The van der Waals surface area contributed by atoms with Crippen LogP contribution >= 0.6 is 0 Å². The maximum absolute atomic E-state index is 8.85. The SMILES string of the molecule is CCOCCCC(C)(C#N)CC. The molecule has 0 aliphatic heterocycles. The van der Waals surface area contributed by atoms with E-state index in [0.717, 1.165) is 32.5 Å². The molecule has 0 fully saturated rings. The molecule has 0 amide bonds. The van der Waals surface area contributed by atoms with E-state index in [1.165, 1.54) is 0 Å². The molecule has 0 rings (SSSR count). The highest BCUT2D eigenvalue weighted by molar-refractivity contribution is 4.93. The zero-order valence-corrected chi connectivity index (χ0v) is 8.39. The van der Waals surface area contributed by atoms with Crippen molar-refractivity contribution in [2.75, 3.05) is 13.2 Å². The van der Waals surface area contributed by atoms with E-state index >= 15 is 0 Å². The Labute approximate surface area is 75.5 Å². The average Bonchev–Trinajstić information content (AvgIpc) is 2.12. The second-order valence-electron chi connectivity index (χ2n) is 3.33. The maximum atomic E-state index is 8.85. The van der Waals surface area contributed by atoms with Crippen LogP contribution in [0.4, 0.5) is 0 Å². The molecule has 0 bridgehead atoms. The number of nitriles is 1. The maximum Gasteiger partial charge on any atom is 0.0686 e. The number of hydrogen-bond donors (Lipinski definition) is 0. The lowest BCUT2D eigenvalue weighted by Gasteiger charge is -2.18. The Morgan fingerprint density at radius 2 is 2.08 bits per heavy atom. The van der Waals surface area contributed by atoms with Crippen LogP contribution in [-0.4, -0.2) is 13.2 Å². The van der Waals surface area contributed by atoms with Crippen molar-refractivity contribution in [2.24, 2.45) is 5.41 Å². The first-order valence-electron chi connectivity index (χ1n) is 4.67. The van der Waals surface area contributed by atoms with Gasteiger partial charge in [0, 0.05) is 13.2 Å². The average molecular weight is 169 g/mol. The number of ether oxygens (including phenoxy) is 1. The predicted molar refractivity (Wildman–Crippen MR) is 49.7 cm³/mol. The van der Waals surface area contributed by atoms with E-state index in [-0.39, 0.29) is 5.41 Å². The molecule has 0 aliphatic carbocycles. The summed E-state index contributed by atoms with van der Waals surface area (Å²) in [6.45, 7) is 7.62. The van der Waals surface area contributed by atoms with E-state index in [1.54, 1.807) is 0 Å². The summed E-state index contributed by atoms with van der Waals surface area (Å²) in [5.41, 5.74) is -0.142. The number of hydrogen-bond acceptors (Lipinski definition) is 2. The van der Waals surface area contributed by atoms with E-state index < -0.39 is 0 Å². The summed E-state index contributed by atoms with van der Waals surface area (Å²) in [4.78, 5) is 0. The molecule has 0 N–H and O–H groups in total. The molecule has 0 aromatic rings. The second kappa shape index (κ2) is 6.02. The van der Waals surface area contributed by atoms with E-state index in [9.17, 15) is 0 Å². The first-order valence-corrected chi connectivity index (χ1v) is 4.67. The van der Waals surface area contributed by atoms with Gasteiger partial charge in [-0.1, -0.05) is 6.92 Å². The number of rotatable bonds is 6. The van der Waals surface area contributed by atoms with Crippen molar-refractivity contribution in [2.45, 2.75) is 40.0 Å². The van der Waals surface area contributed by atoms with Gasteiger partial charge in [0.05, 0.1) is 11.5 Å². The fourth-order valence-corrected chi connectivity index (χ4v) is 1.02. The molecule has 0 saturated heterocycles. The lowest BCUT2D eigenvalue weighted by atomic mass is 9.85. The molecule has 1 atom stereocenters. The summed E-state index contributed by atoms with van der Waals surface area (Å²) in [5, 5.41) is 8.85. The Morgan fingerprint density at radius 3 is 2.50 bits per heavy atom. The molecule has 2 heteroatoms. The fourth-order valence-electron chi connectivity index (χ4n) is 1.02. The van der Waals surface area contributed by atoms with Gasteiger partial charge >= 0.3 is 0 Å². The Hall–Kier alpha value is -0.550. The third-order valence-electron chi connectivity index (χ3n) is 2.27. The summed E-state index contributed by atoms with van der Waals surface area (Å²) in [6, 6.07) is 2.35. The van der Waals surface area contributed by atoms with Crippen molar-refractivity contribution < 1.29 is 4.74 Å². The summed E-state index contributed by atoms with van der Waals surface area (Å²) >= 11 is 0. The monoisotopic (exact) mass is 169 g/mol. The van der Waals surface area contributed by atoms with Gasteiger partial charge in [0.25, 0.3) is 0 Å². The van der Waals surface area contributed by atoms with Crippen LogP contribution in [0.15, 0.2) is 0 Å². The van der Waals surface area contributed by atoms with Crippen molar-refractivity contribution >= 4 is 0 Å². The van der Waals surface area contributed by atoms with E-state index in [2.05, 4.69) is 13.0 Å². The van der Waals surface area contributed by atoms with Crippen molar-refractivity contribution in [3.63, 3.8) is 0 Å². The van der Waals surface area contributed by atoms with Crippen LogP contribution < -0.4 is 0 Å². The molecule has 0 aromatic heterocycles. The molecule has 2 nitrogen and oxygen atoms in total. The zero-order valence-electron chi connectivity index (χ0n) is 8.39. The molecule has 0 radical (unpaired) electrons. The molecule has 0 aromatic carbocycles. The van der Waals surface area contributed by atoms with Gasteiger partial charge in [-0.25, -0.2) is 0 Å². The summed E-state index contributed by atoms with van der Waals surface area (Å²) < 4.78 is 5.21. The van der Waals surface area contributed by atoms with Gasteiger partial charge in [0.15, 0.2) is 0 Å². The minimum Gasteiger partial charge on any atom is -0.382 e. The molecule has 0 heterocycles. The molecule has 12 heavy (non-hydrogen) atoms. The highest BCUT2D eigenvalue weighted by Gasteiger charge is 2.20. The highest BCUT2D eigenvalue weighted by Crippen LogP contribution is 2.25. The Bertz CT molecular complexity index is 150. The van der Waals surface area contributed by atoms with Crippen LogP contribution in [-0.2, 0) is 4.74 Å². The Balaban J connectivity index is 3.54. The standard InChI is InChI=1S/C10H19NO/c1-4-10(3,9-11)7-6-8-12-5-2/h4-8H2,1-3H3. The summed E-state index contributed by atoms with van der Waals surface area (Å²) in [7, 11) is 0.